The highest BCUT2D eigenvalue weighted by Gasteiger charge is 2.23. The van der Waals surface area contributed by atoms with Crippen molar-refractivity contribution in [2.45, 2.75) is 19.4 Å². The Labute approximate surface area is 93.9 Å². The van der Waals surface area contributed by atoms with Crippen molar-refractivity contribution in [1.29, 1.82) is 0 Å². The van der Waals surface area contributed by atoms with E-state index in [0.29, 0.717) is 0 Å². The number of ether oxygens (including phenoxy) is 1. The molecule has 0 saturated carbocycles. The number of rotatable bonds is 5. The number of hydrogen-bond donors (Lipinski definition) is 1. The monoisotopic (exact) mass is 211 g/mol. The molecule has 0 aliphatic carbocycles. The van der Waals surface area contributed by atoms with Crippen LogP contribution in [0.3, 0.4) is 0 Å². The molecule has 15 heavy (non-hydrogen) atoms. The van der Waals surface area contributed by atoms with E-state index in [4.69, 9.17) is 14.0 Å². The minimum absolute atomic E-state index is 0.257. The molecule has 0 bridgehead atoms. The lowest BCUT2D eigenvalue weighted by molar-refractivity contribution is -0.145. The van der Waals surface area contributed by atoms with Gasteiger partial charge >= 0.3 is 5.97 Å². The van der Waals surface area contributed by atoms with Gasteiger partial charge in [0.2, 0.25) is 0 Å². The van der Waals surface area contributed by atoms with Gasteiger partial charge in [-0.05, 0) is 18.9 Å². The molecule has 3 nitrogen and oxygen atoms in total. The summed E-state index contributed by atoms with van der Waals surface area (Å²) < 4.78 is 26.1. The normalized spacial score (nSPS) is 18.3. The smallest absolute Gasteiger partial charge is 0.308 e. The maximum atomic E-state index is 11.0. The fourth-order valence-electron chi connectivity index (χ4n) is 1.33. The first-order valence-corrected chi connectivity index (χ1v) is 4.74. The molecule has 1 rings (SSSR count). The minimum Gasteiger partial charge on any atom is -0.481 e. The van der Waals surface area contributed by atoms with E-state index in [1.54, 1.807) is 0 Å². The highest BCUT2D eigenvalue weighted by Crippen LogP contribution is 2.13. The van der Waals surface area contributed by atoms with Crippen molar-refractivity contribution in [1.82, 2.24) is 0 Å². The number of carboxylic acids is 1. The van der Waals surface area contributed by atoms with Gasteiger partial charge in [0.1, 0.15) is 0 Å². The highest BCUT2D eigenvalue weighted by molar-refractivity contribution is 5.70. The third-order valence-electron chi connectivity index (χ3n) is 2.38. The number of carbonyl (C=O) groups is 1. The molecule has 0 fully saturated rings. The molecule has 0 radical (unpaired) electrons. The van der Waals surface area contributed by atoms with Crippen molar-refractivity contribution >= 4 is 5.97 Å². The summed E-state index contributed by atoms with van der Waals surface area (Å²) in [5.74, 6) is -1.95. The van der Waals surface area contributed by atoms with E-state index in [0.717, 1.165) is 5.56 Å². The highest BCUT2D eigenvalue weighted by atomic mass is 16.5. The van der Waals surface area contributed by atoms with Gasteiger partial charge in [0.05, 0.1) is 16.1 Å². The quantitative estimate of drug-likeness (QED) is 0.810. The Kier molecular flexibility index (Phi) is 2.89. The van der Waals surface area contributed by atoms with Crippen molar-refractivity contribution in [3.05, 3.63) is 35.9 Å². The zero-order valence-corrected chi connectivity index (χ0v) is 8.51. The van der Waals surface area contributed by atoms with Crippen LogP contribution in [0.25, 0.3) is 0 Å². The number of aliphatic carboxylic acids is 1. The Balaban J connectivity index is 2.81. The summed E-state index contributed by atoms with van der Waals surface area (Å²) in [6.07, 6.45) is -0.621. The molecule has 0 aromatic heterocycles. The van der Waals surface area contributed by atoms with Crippen LogP contribution in [0.5, 0.6) is 0 Å². The summed E-state index contributed by atoms with van der Waals surface area (Å²) in [6, 6.07) is 9.08. The average molecular weight is 211 g/mol. The topological polar surface area (TPSA) is 46.5 Å². The lowest BCUT2D eigenvalue weighted by Gasteiger charge is -2.19. The molecule has 0 saturated heterocycles. The SMILES string of the molecule is [2H]C([2H])([2H])OC(Cc1ccccc1)C(C)C(=O)O. The maximum Gasteiger partial charge on any atom is 0.308 e. The molecule has 0 heterocycles. The second-order valence-electron chi connectivity index (χ2n) is 3.47. The van der Waals surface area contributed by atoms with Crippen molar-refractivity contribution in [2.24, 2.45) is 5.92 Å². The lowest BCUT2D eigenvalue weighted by atomic mass is 9.98. The number of methoxy groups -OCH3 is 1. The van der Waals surface area contributed by atoms with Crippen LogP contribution in [0, 0.1) is 5.92 Å². The van der Waals surface area contributed by atoms with E-state index in [9.17, 15) is 4.79 Å². The number of benzene rings is 1. The van der Waals surface area contributed by atoms with Crippen molar-refractivity contribution in [2.75, 3.05) is 7.04 Å². The Hall–Kier alpha value is -1.35. The fourth-order valence-corrected chi connectivity index (χ4v) is 1.33. The van der Waals surface area contributed by atoms with E-state index < -0.39 is 25.0 Å². The van der Waals surface area contributed by atoms with Gasteiger partial charge in [0, 0.05) is 7.04 Å². The van der Waals surface area contributed by atoms with Gasteiger partial charge in [0.25, 0.3) is 0 Å². The van der Waals surface area contributed by atoms with E-state index in [-0.39, 0.29) is 6.42 Å². The first-order valence-electron chi connectivity index (χ1n) is 6.24. The molecule has 0 aliphatic heterocycles. The van der Waals surface area contributed by atoms with Crippen molar-refractivity contribution in [3.63, 3.8) is 0 Å². The molecule has 2 unspecified atom stereocenters. The minimum atomic E-state index is -2.59. The summed E-state index contributed by atoms with van der Waals surface area (Å²) in [6.45, 7) is 1.45. The Morgan fingerprint density at radius 3 is 2.73 bits per heavy atom. The van der Waals surface area contributed by atoms with Gasteiger partial charge in [-0.15, -0.1) is 0 Å². The second-order valence-corrected chi connectivity index (χ2v) is 3.47. The lowest BCUT2D eigenvalue weighted by Crippen LogP contribution is -2.29. The zero-order valence-electron chi connectivity index (χ0n) is 11.5. The molecule has 1 N–H and O–H groups in total. The largest absolute Gasteiger partial charge is 0.481 e. The van der Waals surface area contributed by atoms with Crippen LogP contribution in [-0.2, 0) is 16.0 Å². The van der Waals surface area contributed by atoms with Crippen molar-refractivity contribution < 1.29 is 18.8 Å². The molecular formula is C12H16O3. The maximum absolute atomic E-state index is 11.0. The van der Waals surface area contributed by atoms with Crippen LogP contribution in [0.1, 0.15) is 16.6 Å². The van der Waals surface area contributed by atoms with Gasteiger partial charge in [-0.2, -0.15) is 0 Å². The third kappa shape index (κ3) is 3.36. The van der Waals surface area contributed by atoms with Gasteiger partial charge < -0.3 is 9.84 Å². The molecule has 0 spiro atoms. The van der Waals surface area contributed by atoms with E-state index in [1.807, 2.05) is 30.3 Å². The molecule has 2 atom stereocenters. The van der Waals surface area contributed by atoms with Crippen LogP contribution < -0.4 is 0 Å². The standard InChI is InChI=1S/C12H16O3/c1-9(12(13)14)11(15-2)8-10-6-4-3-5-7-10/h3-7,9,11H,8H2,1-2H3,(H,13,14)/i2D3. The summed E-state index contributed by atoms with van der Waals surface area (Å²) in [7, 11) is -2.59. The third-order valence-corrected chi connectivity index (χ3v) is 2.38. The zero-order chi connectivity index (χ0) is 13.8. The predicted octanol–water partition coefficient (Wildman–Crippen LogP) is 1.96. The van der Waals surface area contributed by atoms with E-state index in [1.165, 1.54) is 6.92 Å². The first-order chi connectivity index (χ1) is 8.29. The summed E-state index contributed by atoms with van der Waals surface area (Å²) >= 11 is 0. The van der Waals surface area contributed by atoms with Crippen LogP contribution in [-0.4, -0.2) is 24.2 Å². The van der Waals surface area contributed by atoms with Crippen LogP contribution >= 0.6 is 0 Å². The average Bonchev–Trinajstić information content (AvgIpc) is 2.26. The molecule has 0 amide bonds. The Morgan fingerprint density at radius 1 is 1.53 bits per heavy atom. The number of carboxylic acid groups (broad SMARTS) is 1. The predicted molar refractivity (Wildman–Crippen MR) is 57.7 cm³/mol. The van der Waals surface area contributed by atoms with Gasteiger partial charge in [-0.1, -0.05) is 30.3 Å². The molecule has 1 aromatic rings. The van der Waals surface area contributed by atoms with Gasteiger partial charge in [-0.25, -0.2) is 0 Å². The van der Waals surface area contributed by atoms with Crippen molar-refractivity contribution in [3.8, 4) is 0 Å². The molecular weight excluding hydrogens is 192 g/mol. The fraction of sp³-hybridized carbons (Fsp3) is 0.417. The molecule has 0 aliphatic rings. The van der Waals surface area contributed by atoms with Gasteiger partial charge in [-0.3, -0.25) is 4.79 Å². The van der Waals surface area contributed by atoms with Crippen LogP contribution in [0.15, 0.2) is 30.3 Å². The molecule has 3 heteroatoms. The summed E-state index contributed by atoms with van der Waals surface area (Å²) in [5.41, 5.74) is 0.847. The number of hydrogen-bond acceptors (Lipinski definition) is 2. The Morgan fingerprint density at radius 2 is 2.20 bits per heavy atom. The van der Waals surface area contributed by atoms with E-state index >= 15 is 0 Å². The Bertz CT molecular complexity index is 389. The van der Waals surface area contributed by atoms with E-state index in [2.05, 4.69) is 0 Å². The second kappa shape index (κ2) is 5.51. The van der Waals surface area contributed by atoms with Gasteiger partial charge in [0.15, 0.2) is 0 Å². The summed E-state index contributed by atoms with van der Waals surface area (Å²) in [5, 5.41) is 8.96. The molecule has 82 valence electrons. The summed E-state index contributed by atoms with van der Waals surface area (Å²) in [4.78, 5) is 11.0. The molecule has 1 aromatic carbocycles. The first kappa shape index (κ1) is 7.88. The van der Waals surface area contributed by atoms with Crippen LogP contribution in [0.4, 0.5) is 0 Å². The van der Waals surface area contributed by atoms with Crippen LogP contribution in [0.2, 0.25) is 0 Å².